The van der Waals surface area contributed by atoms with Crippen molar-refractivity contribution in [3.8, 4) is 0 Å². The number of hydrogen-bond donors (Lipinski definition) is 0. The predicted octanol–water partition coefficient (Wildman–Crippen LogP) is 0.736. The average Bonchev–Trinajstić information content (AvgIpc) is 3.19. The van der Waals surface area contributed by atoms with Gasteiger partial charge in [-0.2, -0.15) is 0 Å². The lowest BCUT2D eigenvalue weighted by Gasteiger charge is -2.42. The molecule has 8 nitrogen and oxygen atoms in total. The summed E-state index contributed by atoms with van der Waals surface area (Å²) in [5.41, 5.74) is -0.128. The van der Waals surface area contributed by atoms with Crippen molar-refractivity contribution in [1.29, 1.82) is 0 Å². The van der Waals surface area contributed by atoms with Gasteiger partial charge in [-0.15, -0.1) is 0 Å². The summed E-state index contributed by atoms with van der Waals surface area (Å²) < 4.78 is 7.52. The molecule has 2 aromatic rings. The van der Waals surface area contributed by atoms with Crippen LogP contribution in [0.5, 0.6) is 0 Å². The topological polar surface area (TPSA) is 84.7 Å². The number of para-hydroxylation sites is 1. The van der Waals surface area contributed by atoms with E-state index in [0.29, 0.717) is 43.4 Å². The van der Waals surface area contributed by atoms with E-state index in [1.807, 2.05) is 11.0 Å². The molecular weight excluding hydrogens is 360 g/mol. The third-order valence-corrected chi connectivity index (χ3v) is 6.23. The molecule has 2 amide bonds. The minimum absolute atomic E-state index is 0.0502. The highest BCUT2D eigenvalue weighted by Gasteiger charge is 2.61. The van der Waals surface area contributed by atoms with Gasteiger partial charge in [0.05, 0.1) is 36.3 Å². The Kier molecular flexibility index (Phi) is 3.97. The van der Waals surface area contributed by atoms with Crippen LogP contribution >= 0.6 is 0 Å². The molecule has 146 valence electrons. The standard InChI is InChI=1S/C20H22N4O4/c25-17(6-9-22-13-21-15-5-2-1-4-14(15)19(22)27)23-10-7-20-16(23)12-18(26)24(20)8-3-11-28-20/h1-2,4-5,13,16H,3,6-12H2/t16-,20+/m1/s1. The minimum Gasteiger partial charge on any atom is -0.353 e. The quantitative estimate of drug-likeness (QED) is 0.782. The summed E-state index contributed by atoms with van der Waals surface area (Å²) in [7, 11) is 0. The molecule has 8 heteroatoms. The van der Waals surface area contributed by atoms with E-state index in [-0.39, 0.29) is 36.4 Å². The number of fused-ring (bicyclic) bond motifs is 1. The number of nitrogens with zero attached hydrogens (tertiary/aromatic N) is 4. The Morgan fingerprint density at radius 2 is 2.11 bits per heavy atom. The first-order valence-corrected chi connectivity index (χ1v) is 9.78. The van der Waals surface area contributed by atoms with Crippen LogP contribution in [0.3, 0.4) is 0 Å². The Hall–Kier alpha value is -2.74. The van der Waals surface area contributed by atoms with Gasteiger partial charge in [0.2, 0.25) is 11.8 Å². The molecule has 4 heterocycles. The number of hydrogen-bond acceptors (Lipinski definition) is 5. The lowest BCUT2D eigenvalue weighted by atomic mass is 10.0. The molecule has 0 N–H and O–H groups in total. The summed E-state index contributed by atoms with van der Waals surface area (Å²) in [6, 6.07) is 6.96. The van der Waals surface area contributed by atoms with Gasteiger partial charge < -0.3 is 14.5 Å². The monoisotopic (exact) mass is 382 g/mol. The first kappa shape index (κ1) is 17.4. The minimum atomic E-state index is -0.633. The maximum atomic E-state index is 12.9. The van der Waals surface area contributed by atoms with Crippen molar-refractivity contribution in [1.82, 2.24) is 19.4 Å². The second-order valence-corrected chi connectivity index (χ2v) is 7.66. The van der Waals surface area contributed by atoms with E-state index in [4.69, 9.17) is 4.74 Å². The number of ether oxygens (including phenoxy) is 1. The molecule has 28 heavy (non-hydrogen) atoms. The predicted molar refractivity (Wildman–Crippen MR) is 100 cm³/mol. The first-order valence-electron chi connectivity index (χ1n) is 9.78. The molecule has 0 aliphatic carbocycles. The van der Waals surface area contributed by atoms with Crippen LogP contribution in [0.2, 0.25) is 0 Å². The fourth-order valence-corrected chi connectivity index (χ4v) is 4.87. The summed E-state index contributed by atoms with van der Waals surface area (Å²) in [5, 5.41) is 0.546. The van der Waals surface area contributed by atoms with E-state index in [1.165, 1.54) is 10.9 Å². The second kappa shape index (κ2) is 6.41. The van der Waals surface area contributed by atoms with Gasteiger partial charge in [0.15, 0.2) is 5.72 Å². The molecule has 1 aromatic carbocycles. The summed E-state index contributed by atoms with van der Waals surface area (Å²) in [6.07, 6.45) is 3.51. The lowest BCUT2D eigenvalue weighted by molar-refractivity contribution is -0.181. The van der Waals surface area contributed by atoms with Crippen molar-refractivity contribution < 1.29 is 14.3 Å². The highest BCUT2D eigenvalue weighted by molar-refractivity contribution is 5.84. The fourth-order valence-electron chi connectivity index (χ4n) is 4.87. The lowest BCUT2D eigenvalue weighted by Crippen LogP contribution is -2.56. The van der Waals surface area contributed by atoms with Crippen LogP contribution in [-0.2, 0) is 20.9 Å². The summed E-state index contributed by atoms with van der Waals surface area (Å²) in [6.45, 7) is 2.18. The van der Waals surface area contributed by atoms with Gasteiger partial charge >= 0.3 is 0 Å². The van der Waals surface area contributed by atoms with Crippen LogP contribution in [0, 0.1) is 0 Å². The molecule has 0 unspecified atom stereocenters. The number of aromatic nitrogens is 2. The maximum Gasteiger partial charge on any atom is 0.261 e. The van der Waals surface area contributed by atoms with Crippen LogP contribution in [0.4, 0.5) is 0 Å². The van der Waals surface area contributed by atoms with E-state index in [9.17, 15) is 14.4 Å². The molecule has 3 fully saturated rings. The van der Waals surface area contributed by atoms with E-state index in [1.54, 1.807) is 23.1 Å². The van der Waals surface area contributed by atoms with Crippen LogP contribution in [0.25, 0.3) is 10.9 Å². The van der Waals surface area contributed by atoms with E-state index in [0.717, 1.165) is 6.42 Å². The Morgan fingerprint density at radius 1 is 1.25 bits per heavy atom. The van der Waals surface area contributed by atoms with Gasteiger partial charge in [0, 0.05) is 32.5 Å². The molecule has 0 saturated carbocycles. The number of carbonyl (C=O) groups excluding carboxylic acids is 2. The van der Waals surface area contributed by atoms with Crippen LogP contribution in [0.15, 0.2) is 35.4 Å². The van der Waals surface area contributed by atoms with Crippen molar-refractivity contribution in [2.45, 2.75) is 44.0 Å². The Bertz CT molecular complexity index is 1020. The highest BCUT2D eigenvalue weighted by Crippen LogP contribution is 2.44. The summed E-state index contributed by atoms with van der Waals surface area (Å²) >= 11 is 0. The zero-order valence-corrected chi connectivity index (χ0v) is 15.5. The van der Waals surface area contributed by atoms with Gasteiger partial charge in [0.1, 0.15) is 0 Å². The van der Waals surface area contributed by atoms with Crippen LogP contribution < -0.4 is 5.56 Å². The number of aryl methyl sites for hydroxylation is 1. The van der Waals surface area contributed by atoms with Crippen LogP contribution in [-0.4, -0.2) is 62.6 Å². The van der Waals surface area contributed by atoms with Gasteiger partial charge in [-0.3, -0.25) is 19.0 Å². The number of benzene rings is 1. The zero-order valence-electron chi connectivity index (χ0n) is 15.5. The summed E-state index contributed by atoms with van der Waals surface area (Å²) in [5.74, 6) is 0.0166. The Morgan fingerprint density at radius 3 is 3.00 bits per heavy atom. The van der Waals surface area contributed by atoms with Crippen molar-refractivity contribution in [2.24, 2.45) is 0 Å². The molecule has 1 spiro atoms. The number of carbonyl (C=O) groups is 2. The van der Waals surface area contributed by atoms with Crippen molar-refractivity contribution in [2.75, 3.05) is 19.7 Å². The smallest absolute Gasteiger partial charge is 0.261 e. The Balaban J connectivity index is 1.32. The van der Waals surface area contributed by atoms with Gasteiger partial charge in [-0.25, -0.2) is 4.98 Å². The molecule has 0 bridgehead atoms. The van der Waals surface area contributed by atoms with Crippen molar-refractivity contribution in [3.05, 3.63) is 40.9 Å². The van der Waals surface area contributed by atoms with Crippen molar-refractivity contribution >= 4 is 22.7 Å². The third kappa shape index (κ3) is 2.47. The highest BCUT2D eigenvalue weighted by atomic mass is 16.5. The van der Waals surface area contributed by atoms with Crippen LogP contribution in [0.1, 0.15) is 25.7 Å². The van der Waals surface area contributed by atoms with E-state index >= 15 is 0 Å². The number of amides is 2. The van der Waals surface area contributed by atoms with Gasteiger partial charge in [-0.1, -0.05) is 12.1 Å². The van der Waals surface area contributed by atoms with E-state index in [2.05, 4.69) is 4.98 Å². The molecule has 3 aliphatic heterocycles. The number of rotatable bonds is 3. The SMILES string of the molecule is O=C(CCn1cnc2ccccc2c1=O)N1CC[C@@]23OCCCN2C(=O)C[C@@H]13. The Labute approximate surface area is 161 Å². The zero-order chi connectivity index (χ0) is 19.3. The molecule has 0 radical (unpaired) electrons. The molecule has 2 atom stereocenters. The first-order chi connectivity index (χ1) is 13.6. The normalized spacial score (nSPS) is 26.6. The molecule has 5 rings (SSSR count). The van der Waals surface area contributed by atoms with Crippen molar-refractivity contribution in [3.63, 3.8) is 0 Å². The molecule has 1 aromatic heterocycles. The molecule has 3 saturated heterocycles. The second-order valence-electron chi connectivity index (χ2n) is 7.66. The largest absolute Gasteiger partial charge is 0.353 e. The van der Waals surface area contributed by atoms with E-state index < -0.39 is 5.72 Å². The third-order valence-electron chi connectivity index (χ3n) is 6.23. The van der Waals surface area contributed by atoms with Gasteiger partial charge in [-0.05, 0) is 18.6 Å². The van der Waals surface area contributed by atoms with Gasteiger partial charge in [0.25, 0.3) is 5.56 Å². The maximum absolute atomic E-state index is 12.9. The molecule has 3 aliphatic rings. The summed E-state index contributed by atoms with van der Waals surface area (Å²) in [4.78, 5) is 45.8. The fraction of sp³-hybridized carbons (Fsp3) is 0.500. The number of likely N-dealkylation sites (tertiary alicyclic amines) is 1. The average molecular weight is 382 g/mol. The molecular formula is C20H22N4O4.